The Hall–Kier alpha value is -0.740. The van der Waals surface area contributed by atoms with Crippen molar-refractivity contribution in [3.8, 4) is 0 Å². The number of rotatable bonds is 4. The van der Waals surface area contributed by atoms with Crippen LogP contribution in [0.1, 0.15) is 10.9 Å². The van der Waals surface area contributed by atoms with E-state index in [0.717, 1.165) is 14.9 Å². The Balaban J connectivity index is 2.18. The molecule has 1 aromatic carbocycles. The first-order valence-electron chi connectivity index (χ1n) is 5.17. The number of thiophene rings is 1. The fourth-order valence-electron chi connectivity index (χ4n) is 1.53. The molecule has 5 heteroatoms. The number of hydrogen-bond acceptors (Lipinski definition) is 3. The lowest BCUT2D eigenvalue weighted by Gasteiger charge is -2.17. The average molecular weight is 287 g/mol. The van der Waals surface area contributed by atoms with Gasteiger partial charge in [-0.25, -0.2) is 0 Å². The van der Waals surface area contributed by atoms with Crippen LogP contribution in [0, 0.1) is 0 Å². The minimum absolute atomic E-state index is 0.0346. The summed E-state index contributed by atoms with van der Waals surface area (Å²) >= 11 is 13.5. The summed E-state index contributed by atoms with van der Waals surface area (Å²) in [5.41, 5.74) is 6.65. The van der Waals surface area contributed by atoms with E-state index in [4.69, 9.17) is 28.9 Å². The van der Waals surface area contributed by atoms with Crippen LogP contribution in [0.4, 0.5) is 5.69 Å². The summed E-state index contributed by atoms with van der Waals surface area (Å²) in [4.78, 5) is 1.11. The van der Waals surface area contributed by atoms with Crippen LogP contribution >= 0.6 is 34.5 Å². The summed E-state index contributed by atoms with van der Waals surface area (Å²) < 4.78 is 0.763. The number of para-hydroxylation sites is 1. The summed E-state index contributed by atoms with van der Waals surface area (Å²) in [6, 6.07) is 11.5. The molecule has 1 atom stereocenters. The zero-order valence-electron chi connectivity index (χ0n) is 8.99. The number of anilines is 1. The highest BCUT2D eigenvalue weighted by atomic mass is 35.5. The third kappa shape index (κ3) is 3.13. The molecule has 0 aliphatic heterocycles. The van der Waals surface area contributed by atoms with Crippen LogP contribution in [0.3, 0.4) is 0 Å². The quantitative estimate of drug-likeness (QED) is 0.885. The zero-order chi connectivity index (χ0) is 12.3. The fraction of sp³-hybridized carbons (Fsp3) is 0.167. The van der Waals surface area contributed by atoms with Crippen LogP contribution in [0.2, 0.25) is 9.36 Å². The Bertz CT molecular complexity index is 499. The molecule has 0 amide bonds. The van der Waals surface area contributed by atoms with Gasteiger partial charge < -0.3 is 11.1 Å². The maximum Gasteiger partial charge on any atom is 0.0932 e. The van der Waals surface area contributed by atoms with Crippen molar-refractivity contribution in [3.05, 3.63) is 50.6 Å². The van der Waals surface area contributed by atoms with E-state index < -0.39 is 0 Å². The van der Waals surface area contributed by atoms with Gasteiger partial charge in [0.05, 0.1) is 21.1 Å². The molecule has 1 aromatic heterocycles. The lowest BCUT2D eigenvalue weighted by molar-refractivity contribution is 0.806. The second kappa shape index (κ2) is 5.74. The molecule has 0 aliphatic rings. The SMILES string of the molecule is NCC(Nc1ccccc1Cl)c1ccc(Cl)s1. The minimum Gasteiger partial charge on any atom is -0.375 e. The van der Waals surface area contributed by atoms with Crippen LogP contribution in [0.15, 0.2) is 36.4 Å². The number of nitrogens with one attached hydrogen (secondary N) is 1. The molecule has 2 nitrogen and oxygen atoms in total. The predicted molar refractivity (Wildman–Crippen MR) is 76.2 cm³/mol. The van der Waals surface area contributed by atoms with Crippen molar-refractivity contribution in [1.29, 1.82) is 0 Å². The van der Waals surface area contributed by atoms with Crippen LogP contribution in [0.25, 0.3) is 0 Å². The molecule has 1 unspecified atom stereocenters. The molecule has 2 rings (SSSR count). The molecule has 0 bridgehead atoms. The van der Waals surface area contributed by atoms with Gasteiger partial charge in [0, 0.05) is 11.4 Å². The van der Waals surface area contributed by atoms with E-state index in [1.54, 1.807) is 0 Å². The fourth-order valence-corrected chi connectivity index (χ4v) is 2.84. The first-order valence-corrected chi connectivity index (χ1v) is 6.74. The number of benzene rings is 1. The number of halogens is 2. The highest BCUT2D eigenvalue weighted by molar-refractivity contribution is 7.16. The van der Waals surface area contributed by atoms with E-state index in [1.807, 2.05) is 36.4 Å². The molecule has 90 valence electrons. The second-order valence-electron chi connectivity index (χ2n) is 3.55. The molecule has 0 spiro atoms. The first kappa shape index (κ1) is 12.7. The van der Waals surface area contributed by atoms with E-state index in [0.29, 0.717) is 11.6 Å². The molecule has 0 radical (unpaired) electrons. The summed E-state index contributed by atoms with van der Waals surface area (Å²) in [6.45, 7) is 0.488. The highest BCUT2D eigenvalue weighted by Gasteiger charge is 2.12. The molecular weight excluding hydrogens is 275 g/mol. The predicted octanol–water partition coefficient (Wildman–Crippen LogP) is 4.17. The smallest absolute Gasteiger partial charge is 0.0932 e. The molecular formula is C12H12Cl2N2S. The van der Waals surface area contributed by atoms with E-state index in [2.05, 4.69) is 5.32 Å². The second-order valence-corrected chi connectivity index (χ2v) is 5.71. The van der Waals surface area contributed by atoms with Gasteiger partial charge in [0.2, 0.25) is 0 Å². The standard InChI is InChI=1S/C12H12Cl2N2S/c13-8-3-1-2-4-9(8)16-10(7-15)11-5-6-12(14)17-11/h1-6,10,16H,7,15H2. The van der Waals surface area contributed by atoms with Crippen LogP contribution in [-0.2, 0) is 0 Å². The molecule has 0 saturated heterocycles. The van der Waals surface area contributed by atoms with Crippen molar-refractivity contribution in [1.82, 2.24) is 0 Å². The van der Waals surface area contributed by atoms with Crippen molar-refractivity contribution in [3.63, 3.8) is 0 Å². The summed E-state index contributed by atoms with van der Waals surface area (Å²) in [6.07, 6.45) is 0. The van der Waals surface area contributed by atoms with Crippen LogP contribution < -0.4 is 11.1 Å². The van der Waals surface area contributed by atoms with Gasteiger partial charge in [-0.05, 0) is 24.3 Å². The molecule has 0 fully saturated rings. The van der Waals surface area contributed by atoms with Crippen molar-refractivity contribution < 1.29 is 0 Å². The van der Waals surface area contributed by atoms with Gasteiger partial charge in [-0.15, -0.1) is 11.3 Å². The van der Waals surface area contributed by atoms with Crippen molar-refractivity contribution in [2.45, 2.75) is 6.04 Å². The summed E-state index contributed by atoms with van der Waals surface area (Å²) in [7, 11) is 0. The van der Waals surface area contributed by atoms with Gasteiger partial charge in [0.25, 0.3) is 0 Å². The van der Waals surface area contributed by atoms with Crippen molar-refractivity contribution >= 4 is 40.2 Å². The Kier molecular flexibility index (Phi) is 4.29. The summed E-state index contributed by atoms with van der Waals surface area (Å²) in [5.74, 6) is 0. The van der Waals surface area contributed by atoms with E-state index in [1.165, 1.54) is 11.3 Å². The Labute approximate surface area is 114 Å². The van der Waals surface area contributed by atoms with E-state index in [-0.39, 0.29) is 6.04 Å². The lowest BCUT2D eigenvalue weighted by Crippen LogP contribution is -2.19. The highest BCUT2D eigenvalue weighted by Crippen LogP contribution is 2.30. The third-order valence-corrected chi connectivity index (χ3v) is 4.05. The zero-order valence-corrected chi connectivity index (χ0v) is 11.3. The number of hydrogen-bond donors (Lipinski definition) is 2. The largest absolute Gasteiger partial charge is 0.375 e. The average Bonchev–Trinajstić information content (AvgIpc) is 2.75. The van der Waals surface area contributed by atoms with Crippen molar-refractivity contribution in [2.24, 2.45) is 5.73 Å². The van der Waals surface area contributed by atoms with Crippen LogP contribution in [0.5, 0.6) is 0 Å². The number of nitrogens with two attached hydrogens (primary N) is 1. The maximum atomic E-state index is 6.09. The summed E-state index contributed by atoms with van der Waals surface area (Å²) in [5, 5.41) is 4.01. The molecule has 0 aliphatic carbocycles. The topological polar surface area (TPSA) is 38.0 Å². The molecule has 1 heterocycles. The van der Waals surface area contributed by atoms with Gasteiger partial charge in [-0.1, -0.05) is 35.3 Å². The molecule has 0 saturated carbocycles. The molecule has 2 aromatic rings. The Morgan fingerprint density at radius 2 is 1.94 bits per heavy atom. The van der Waals surface area contributed by atoms with Gasteiger partial charge in [0.15, 0.2) is 0 Å². The van der Waals surface area contributed by atoms with Gasteiger partial charge in [-0.2, -0.15) is 0 Å². The molecule has 3 N–H and O–H groups in total. The minimum atomic E-state index is 0.0346. The van der Waals surface area contributed by atoms with Crippen molar-refractivity contribution in [2.75, 3.05) is 11.9 Å². The molecule has 17 heavy (non-hydrogen) atoms. The first-order chi connectivity index (χ1) is 8.20. The van der Waals surface area contributed by atoms with Gasteiger partial charge >= 0.3 is 0 Å². The lowest BCUT2D eigenvalue weighted by atomic mass is 10.2. The monoisotopic (exact) mass is 286 g/mol. The van der Waals surface area contributed by atoms with Gasteiger partial charge in [-0.3, -0.25) is 0 Å². The Morgan fingerprint density at radius 3 is 2.53 bits per heavy atom. The van der Waals surface area contributed by atoms with E-state index in [9.17, 15) is 0 Å². The normalized spacial score (nSPS) is 12.4. The van der Waals surface area contributed by atoms with Gasteiger partial charge in [0.1, 0.15) is 0 Å². The van der Waals surface area contributed by atoms with E-state index >= 15 is 0 Å². The third-order valence-electron chi connectivity index (χ3n) is 2.38. The Morgan fingerprint density at radius 1 is 1.18 bits per heavy atom. The maximum absolute atomic E-state index is 6.09. The van der Waals surface area contributed by atoms with Crippen LogP contribution in [-0.4, -0.2) is 6.54 Å².